The second kappa shape index (κ2) is 7.72. The first-order valence-electron chi connectivity index (χ1n) is 12.8. The first kappa shape index (κ1) is 22.2. The fraction of sp³-hybridized carbons (Fsp3) is 0.690. The van der Waals surface area contributed by atoms with Crippen LogP contribution in [-0.2, 0) is 4.74 Å². The van der Waals surface area contributed by atoms with Crippen LogP contribution >= 0.6 is 0 Å². The maximum absolute atomic E-state index is 12.7. The van der Waals surface area contributed by atoms with Gasteiger partial charge in [0.05, 0.1) is 11.2 Å². The molecule has 0 saturated heterocycles. The molecule has 1 aromatic rings. The second-order valence-corrected chi connectivity index (χ2v) is 12.1. The van der Waals surface area contributed by atoms with Crippen molar-refractivity contribution in [3.05, 3.63) is 47.5 Å². The van der Waals surface area contributed by atoms with Crippen LogP contribution in [0.1, 0.15) is 89.4 Å². The molecule has 0 spiro atoms. The lowest BCUT2D eigenvalue weighted by Gasteiger charge is -2.59. The molecule has 0 bridgehead atoms. The molecule has 4 aliphatic rings. The summed E-state index contributed by atoms with van der Waals surface area (Å²) in [6, 6.07) is 9.40. The molecule has 1 aromatic carbocycles. The fourth-order valence-corrected chi connectivity index (χ4v) is 8.51. The van der Waals surface area contributed by atoms with Crippen molar-refractivity contribution in [3.8, 4) is 0 Å². The Kier molecular flexibility index (Phi) is 5.36. The minimum Gasteiger partial charge on any atom is -0.459 e. The van der Waals surface area contributed by atoms with Gasteiger partial charge in [0.2, 0.25) is 0 Å². The van der Waals surface area contributed by atoms with Crippen LogP contribution < -0.4 is 0 Å². The van der Waals surface area contributed by atoms with E-state index in [1.807, 2.05) is 37.3 Å². The van der Waals surface area contributed by atoms with Gasteiger partial charge in [-0.05, 0) is 106 Å². The molecular weight excluding hydrogens is 396 g/mol. The zero-order valence-electron chi connectivity index (χ0n) is 20.3. The standard InChI is InChI=1S/C29H40O3/c1-19(32-26(30)20-8-6-5-7-9-20)23-12-13-24-22-11-10-21-18-27(2,31)16-17-28(21,3)25(22)14-15-29(23,24)4/h5-10,19,22-25,31H,11-18H2,1-4H3/t19-,22?,23?,24?,25?,27-,28?,29?/m0/s1. The van der Waals surface area contributed by atoms with E-state index in [1.54, 1.807) is 0 Å². The highest BCUT2D eigenvalue weighted by Gasteiger charge is 2.60. The van der Waals surface area contributed by atoms with Gasteiger partial charge in [0.1, 0.15) is 6.10 Å². The molecule has 3 saturated carbocycles. The van der Waals surface area contributed by atoms with Gasteiger partial charge in [0.15, 0.2) is 0 Å². The minimum absolute atomic E-state index is 0.0516. The molecule has 32 heavy (non-hydrogen) atoms. The number of carbonyl (C=O) groups excluding carboxylic acids is 1. The number of benzene rings is 1. The van der Waals surface area contributed by atoms with Crippen molar-refractivity contribution in [1.82, 2.24) is 0 Å². The van der Waals surface area contributed by atoms with Crippen molar-refractivity contribution < 1.29 is 14.6 Å². The SMILES string of the molecule is C[C@H](OC(=O)c1ccccc1)C1CCC2C3CC=C4C[C@@](C)(O)CCC4(C)C3CCC21C. The van der Waals surface area contributed by atoms with Gasteiger partial charge in [-0.3, -0.25) is 0 Å². The third-order valence-electron chi connectivity index (χ3n) is 10.3. The topological polar surface area (TPSA) is 46.5 Å². The molecular formula is C29H40O3. The summed E-state index contributed by atoms with van der Waals surface area (Å²) in [5.41, 5.74) is 2.15. The predicted octanol–water partition coefficient (Wildman–Crippen LogP) is 6.56. The van der Waals surface area contributed by atoms with E-state index in [0.717, 1.165) is 43.9 Å². The Balaban J connectivity index is 1.34. The summed E-state index contributed by atoms with van der Waals surface area (Å²) in [6.07, 6.45) is 11.4. The lowest BCUT2D eigenvalue weighted by Crippen LogP contribution is -2.52. The van der Waals surface area contributed by atoms with Gasteiger partial charge < -0.3 is 9.84 Å². The fourth-order valence-electron chi connectivity index (χ4n) is 8.51. The van der Waals surface area contributed by atoms with Crippen molar-refractivity contribution in [3.63, 3.8) is 0 Å². The quantitative estimate of drug-likeness (QED) is 0.431. The Hall–Kier alpha value is -1.61. The predicted molar refractivity (Wildman–Crippen MR) is 127 cm³/mol. The zero-order chi connectivity index (χ0) is 22.7. The monoisotopic (exact) mass is 436 g/mol. The van der Waals surface area contributed by atoms with E-state index in [2.05, 4.69) is 26.8 Å². The molecule has 3 nitrogen and oxygen atoms in total. The average Bonchev–Trinajstić information content (AvgIpc) is 3.12. The third kappa shape index (κ3) is 3.47. The van der Waals surface area contributed by atoms with Crippen molar-refractivity contribution >= 4 is 5.97 Å². The number of carbonyl (C=O) groups is 1. The molecule has 3 heteroatoms. The second-order valence-electron chi connectivity index (χ2n) is 12.1. The normalized spacial score (nSPS) is 44.0. The summed E-state index contributed by atoms with van der Waals surface area (Å²) >= 11 is 0. The lowest BCUT2D eigenvalue weighted by molar-refractivity contribution is -0.0804. The van der Waals surface area contributed by atoms with E-state index in [0.29, 0.717) is 17.4 Å². The maximum Gasteiger partial charge on any atom is 0.338 e. The van der Waals surface area contributed by atoms with Crippen LogP contribution in [0.5, 0.6) is 0 Å². The molecule has 0 amide bonds. The third-order valence-corrected chi connectivity index (χ3v) is 10.3. The molecule has 8 atom stereocenters. The number of hydrogen-bond donors (Lipinski definition) is 1. The number of rotatable bonds is 3. The minimum atomic E-state index is -0.530. The molecule has 4 aliphatic carbocycles. The summed E-state index contributed by atoms with van der Waals surface area (Å²) in [7, 11) is 0. The van der Waals surface area contributed by atoms with E-state index in [9.17, 15) is 9.90 Å². The highest BCUT2D eigenvalue weighted by atomic mass is 16.5. The Morgan fingerprint density at radius 1 is 1.03 bits per heavy atom. The summed E-state index contributed by atoms with van der Waals surface area (Å²) in [6.45, 7) is 9.11. The van der Waals surface area contributed by atoms with Gasteiger partial charge in [-0.2, -0.15) is 0 Å². The van der Waals surface area contributed by atoms with Crippen molar-refractivity contribution in [2.24, 2.45) is 34.5 Å². The summed E-state index contributed by atoms with van der Waals surface area (Å²) in [5.74, 6) is 2.42. The summed E-state index contributed by atoms with van der Waals surface area (Å²) < 4.78 is 6.02. The summed E-state index contributed by atoms with van der Waals surface area (Å²) in [5, 5.41) is 10.7. The van der Waals surface area contributed by atoms with Crippen LogP contribution in [0.15, 0.2) is 42.0 Å². The number of fused-ring (bicyclic) bond motifs is 5. The van der Waals surface area contributed by atoms with E-state index in [1.165, 1.54) is 24.8 Å². The van der Waals surface area contributed by atoms with Crippen LogP contribution in [0.2, 0.25) is 0 Å². The highest BCUT2D eigenvalue weighted by Crippen LogP contribution is 2.67. The number of hydrogen-bond acceptors (Lipinski definition) is 3. The van der Waals surface area contributed by atoms with Crippen LogP contribution in [0.3, 0.4) is 0 Å². The van der Waals surface area contributed by atoms with Gasteiger partial charge >= 0.3 is 5.97 Å². The van der Waals surface area contributed by atoms with Crippen LogP contribution in [0.25, 0.3) is 0 Å². The molecule has 0 aliphatic heterocycles. The number of aliphatic hydroxyl groups is 1. The van der Waals surface area contributed by atoms with E-state index in [-0.39, 0.29) is 22.9 Å². The Labute approximate surface area is 193 Å². The molecule has 5 rings (SSSR count). The molecule has 3 fully saturated rings. The molecule has 0 radical (unpaired) electrons. The Morgan fingerprint density at radius 3 is 2.53 bits per heavy atom. The summed E-state index contributed by atoms with van der Waals surface area (Å²) in [4.78, 5) is 12.7. The van der Waals surface area contributed by atoms with E-state index in [4.69, 9.17) is 4.74 Å². The van der Waals surface area contributed by atoms with Gasteiger partial charge in [0, 0.05) is 5.92 Å². The first-order chi connectivity index (χ1) is 15.1. The van der Waals surface area contributed by atoms with Crippen molar-refractivity contribution in [2.75, 3.05) is 0 Å². The Bertz CT molecular complexity index is 902. The van der Waals surface area contributed by atoms with Gasteiger partial charge in [-0.15, -0.1) is 0 Å². The van der Waals surface area contributed by atoms with E-state index >= 15 is 0 Å². The number of ether oxygens (including phenoxy) is 1. The molecule has 1 N–H and O–H groups in total. The van der Waals surface area contributed by atoms with Crippen LogP contribution in [0.4, 0.5) is 0 Å². The lowest BCUT2D eigenvalue weighted by atomic mass is 9.46. The van der Waals surface area contributed by atoms with Crippen molar-refractivity contribution in [1.29, 1.82) is 0 Å². The Morgan fingerprint density at radius 2 is 1.78 bits per heavy atom. The smallest absolute Gasteiger partial charge is 0.338 e. The van der Waals surface area contributed by atoms with Crippen molar-refractivity contribution in [2.45, 2.75) is 90.8 Å². The molecule has 0 aromatic heterocycles. The molecule has 6 unspecified atom stereocenters. The average molecular weight is 437 g/mol. The molecule has 0 heterocycles. The van der Waals surface area contributed by atoms with Crippen LogP contribution in [0, 0.1) is 34.5 Å². The molecule has 174 valence electrons. The van der Waals surface area contributed by atoms with Crippen LogP contribution in [-0.4, -0.2) is 22.8 Å². The highest BCUT2D eigenvalue weighted by molar-refractivity contribution is 5.89. The van der Waals surface area contributed by atoms with E-state index < -0.39 is 5.60 Å². The maximum atomic E-state index is 12.7. The first-order valence-corrected chi connectivity index (χ1v) is 12.8. The largest absolute Gasteiger partial charge is 0.459 e. The van der Waals surface area contributed by atoms with Gasteiger partial charge in [-0.25, -0.2) is 4.79 Å². The zero-order valence-corrected chi connectivity index (χ0v) is 20.3. The van der Waals surface area contributed by atoms with Gasteiger partial charge in [-0.1, -0.05) is 43.7 Å². The number of esters is 1. The van der Waals surface area contributed by atoms with Gasteiger partial charge in [0.25, 0.3) is 0 Å². The number of allylic oxidation sites excluding steroid dienone is 1.